The van der Waals surface area contributed by atoms with E-state index < -0.39 is 0 Å². The number of nitrogens with zero attached hydrogens (tertiary/aromatic N) is 2. The van der Waals surface area contributed by atoms with Gasteiger partial charge in [0.05, 0.1) is 23.8 Å². The van der Waals surface area contributed by atoms with Crippen LogP contribution in [-0.4, -0.2) is 16.7 Å². The third-order valence-corrected chi connectivity index (χ3v) is 3.75. The summed E-state index contributed by atoms with van der Waals surface area (Å²) in [7, 11) is 1.61. The van der Waals surface area contributed by atoms with Crippen LogP contribution in [-0.2, 0) is 0 Å². The molecular formula is C14H11BrClN3O. The molecule has 0 spiro atoms. The molecule has 6 heteroatoms. The van der Waals surface area contributed by atoms with E-state index in [4.69, 9.17) is 22.1 Å². The molecule has 102 valence electrons. The van der Waals surface area contributed by atoms with E-state index in [1.54, 1.807) is 19.2 Å². The van der Waals surface area contributed by atoms with Crippen LogP contribution in [0.2, 0.25) is 5.02 Å². The Morgan fingerprint density at radius 2 is 2.05 bits per heavy atom. The van der Waals surface area contributed by atoms with Crippen molar-refractivity contribution < 1.29 is 4.74 Å². The van der Waals surface area contributed by atoms with E-state index in [0.717, 1.165) is 21.2 Å². The molecule has 0 saturated carbocycles. The van der Waals surface area contributed by atoms with Crippen molar-refractivity contribution in [3.05, 3.63) is 45.9 Å². The van der Waals surface area contributed by atoms with Crippen molar-refractivity contribution in [2.75, 3.05) is 12.8 Å². The number of methoxy groups -OCH3 is 1. The number of nitrogens with two attached hydrogens (primary N) is 1. The molecule has 0 aliphatic carbocycles. The van der Waals surface area contributed by atoms with Gasteiger partial charge in [0, 0.05) is 9.50 Å². The maximum Gasteiger partial charge on any atom is 0.206 e. The van der Waals surface area contributed by atoms with Crippen LogP contribution in [0, 0.1) is 0 Å². The van der Waals surface area contributed by atoms with Gasteiger partial charge in [0.15, 0.2) is 0 Å². The Bertz CT molecular complexity index is 800. The second-order valence-electron chi connectivity index (χ2n) is 4.25. The summed E-state index contributed by atoms with van der Waals surface area (Å²) in [5, 5.41) is 0.610. The zero-order valence-corrected chi connectivity index (χ0v) is 12.9. The number of fused-ring (bicyclic) bond motifs is 1. The minimum absolute atomic E-state index is 0.388. The van der Waals surface area contributed by atoms with Gasteiger partial charge in [-0.2, -0.15) is 0 Å². The SMILES string of the molecule is COc1ccc(Cl)cc1-n1c(N)nc2cc(Br)ccc21. The van der Waals surface area contributed by atoms with Gasteiger partial charge in [-0.15, -0.1) is 0 Å². The molecule has 1 aromatic heterocycles. The summed E-state index contributed by atoms with van der Waals surface area (Å²) in [5.74, 6) is 1.07. The summed E-state index contributed by atoms with van der Waals surface area (Å²) in [6.45, 7) is 0. The molecule has 20 heavy (non-hydrogen) atoms. The molecule has 0 atom stereocenters. The Balaban J connectivity index is 2.34. The van der Waals surface area contributed by atoms with Crippen LogP contribution in [0.4, 0.5) is 5.95 Å². The largest absolute Gasteiger partial charge is 0.495 e. The quantitative estimate of drug-likeness (QED) is 0.757. The third kappa shape index (κ3) is 2.13. The van der Waals surface area contributed by atoms with Crippen molar-refractivity contribution in [2.45, 2.75) is 0 Å². The lowest BCUT2D eigenvalue weighted by atomic mass is 10.2. The predicted molar refractivity (Wildman–Crippen MR) is 84.7 cm³/mol. The lowest BCUT2D eigenvalue weighted by Crippen LogP contribution is -2.02. The molecule has 0 radical (unpaired) electrons. The van der Waals surface area contributed by atoms with E-state index >= 15 is 0 Å². The van der Waals surface area contributed by atoms with Gasteiger partial charge >= 0.3 is 0 Å². The normalized spacial score (nSPS) is 10.9. The van der Waals surface area contributed by atoms with Gasteiger partial charge in [-0.3, -0.25) is 4.57 Å². The van der Waals surface area contributed by atoms with Gasteiger partial charge in [-0.1, -0.05) is 27.5 Å². The molecule has 1 heterocycles. The first-order valence-corrected chi connectivity index (χ1v) is 7.04. The van der Waals surface area contributed by atoms with Crippen molar-refractivity contribution in [1.29, 1.82) is 0 Å². The summed E-state index contributed by atoms with van der Waals surface area (Å²) in [4.78, 5) is 4.37. The molecule has 0 bridgehead atoms. The number of imidazole rings is 1. The molecule has 2 N–H and O–H groups in total. The molecule has 0 unspecified atom stereocenters. The van der Waals surface area contributed by atoms with Crippen LogP contribution in [0.5, 0.6) is 5.75 Å². The highest BCUT2D eigenvalue weighted by Crippen LogP contribution is 2.32. The van der Waals surface area contributed by atoms with Gasteiger partial charge in [-0.25, -0.2) is 4.98 Å². The fourth-order valence-corrected chi connectivity index (χ4v) is 2.68. The number of anilines is 1. The van der Waals surface area contributed by atoms with Crippen molar-refractivity contribution in [1.82, 2.24) is 9.55 Å². The maximum atomic E-state index is 6.08. The fraction of sp³-hybridized carbons (Fsp3) is 0.0714. The van der Waals surface area contributed by atoms with Gasteiger partial charge < -0.3 is 10.5 Å². The minimum Gasteiger partial charge on any atom is -0.495 e. The first-order valence-electron chi connectivity index (χ1n) is 5.87. The number of aromatic nitrogens is 2. The third-order valence-electron chi connectivity index (χ3n) is 3.02. The van der Waals surface area contributed by atoms with E-state index in [1.807, 2.05) is 28.8 Å². The average Bonchev–Trinajstić information content (AvgIpc) is 2.73. The van der Waals surface area contributed by atoms with E-state index in [0.29, 0.717) is 16.7 Å². The zero-order valence-electron chi connectivity index (χ0n) is 10.6. The highest BCUT2D eigenvalue weighted by Gasteiger charge is 2.14. The molecular weight excluding hydrogens is 342 g/mol. The number of benzene rings is 2. The van der Waals surface area contributed by atoms with Crippen LogP contribution in [0.15, 0.2) is 40.9 Å². The summed E-state index contributed by atoms with van der Waals surface area (Å²) in [6.07, 6.45) is 0. The topological polar surface area (TPSA) is 53.1 Å². The van der Waals surface area contributed by atoms with E-state index in [2.05, 4.69) is 20.9 Å². The summed E-state index contributed by atoms with van der Waals surface area (Å²) < 4.78 is 8.16. The van der Waals surface area contributed by atoms with Crippen LogP contribution >= 0.6 is 27.5 Å². The van der Waals surface area contributed by atoms with E-state index in [9.17, 15) is 0 Å². The monoisotopic (exact) mass is 351 g/mol. The number of hydrogen-bond acceptors (Lipinski definition) is 3. The molecule has 0 aliphatic heterocycles. The standard InChI is InChI=1S/C14H11BrClN3O/c1-20-13-5-3-9(16)7-12(13)19-11-4-2-8(15)6-10(11)18-14(19)17/h2-7H,1H3,(H2,17,18). The maximum absolute atomic E-state index is 6.08. The second kappa shape index (κ2) is 5.00. The highest BCUT2D eigenvalue weighted by atomic mass is 79.9. The van der Waals surface area contributed by atoms with Crippen LogP contribution < -0.4 is 10.5 Å². The Labute approximate surface area is 129 Å². The molecule has 4 nitrogen and oxygen atoms in total. The predicted octanol–water partition coefficient (Wildman–Crippen LogP) is 4.03. The first-order chi connectivity index (χ1) is 9.60. The van der Waals surface area contributed by atoms with Crippen LogP contribution in [0.25, 0.3) is 16.7 Å². The summed E-state index contributed by atoms with van der Waals surface area (Å²) in [6, 6.07) is 11.2. The molecule has 3 rings (SSSR count). The second-order valence-corrected chi connectivity index (χ2v) is 5.61. The van der Waals surface area contributed by atoms with Crippen LogP contribution in [0.3, 0.4) is 0 Å². The minimum atomic E-state index is 0.388. The number of halogens is 2. The molecule has 0 saturated heterocycles. The smallest absolute Gasteiger partial charge is 0.206 e. The number of hydrogen-bond donors (Lipinski definition) is 1. The number of ether oxygens (including phenoxy) is 1. The fourth-order valence-electron chi connectivity index (χ4n) is 2.16. The number of nitrogen functional groups attached to an aromatic ring is 1. The van der Waals surface area contributed by atoms with Crippen molar-refractivity contribution in [2.24, 2.45) is 0 Å². The Kier molecular flexibility index (Phi) is 3.31. The Morgan fingerprint density at radius 1 is 1.25 bits per heavy atom. The van der Waals surface area contributed by atoms with Crippen molar-refractivity contribution in [3.63, 3.8) is 0 Å². The lowest BCUT2D eigenvalue weighted by molar-refractivity contribution is 0.413. The first kappa shape index (κ1) is 13.3. The van der Waals surface area contributed by atoms with Gasteiger partial charge in [-0.05, 0) is 36.4 Å². The van der Waals surface area contributed by atoms with Gasteiger partial charge in [0.25, 0.3) is 0 Å². The summed E-state index contributed by atoms with van der Waals surface area (Å²) in [5.41, 5.74) is 8.51. The number of rotatable bonds is 2. The van der Waals surface area contributed by atoms with Crippen LogP contribution in [0.1, 0.15) is 0 Å². The molecule has 2 aromatic carbocycles. The molecule has 0 amide bonds. The molecule has 3 aromatic rings. The molecule has 0 aliphatic rings. The molecule has 0 fully saturated rings. The van der Waals surface area contributed by atoms with Gasteiger partial charge in [0.2, 0.25) is 5.95 Å². The summed E-state index contributed by atoms with van der Waals surface area (Å²) >= 11 is 9.51. The van der Waals surface area contributed by atoms with E-state index in [-0.39, 0.29) is 0 Å². The van der Waals surface area contributed by atoms with Gasteiger partial charge in [0.1, 0.15) is 5.75 Å². The average molecular weight is 353 g/mol. The van der Waals surface area contributed by atoms with Crippen molar-refractivity contribution >= 4 is 44.5 Å². The lowest BCUT2D eigenvalue weighted by Gasteiger charge is -2.12. The highest BCUT2D eigenvalue weighted by molar-refractivity contribution is 9.10. The van der Waals surface area contributed by atoms with E-state index in [1.165, 1.54) is 0 Å². The Morgan fingerprint density at radius 3 is 2.80 bits per heavy atom. The zero-order chi connectivity index (χ0) is 14.3. The van der Waals surface area contributed by atoms with Crippen molar-refractivity contribution in [3.8, 4) is 11.4 Å². The Hall–Kier alpha value is -1.72.